The van der Waals surface area contributed by atoms with Gasteiger partial charge in [0.15, 0.2) is 0 Å². The van der Waals surface area contributed by atoms with Crippen LogP contribution in [0.25, 0.3) is 0 Å². The summed E-state index contributed by atoms with van der Waals surface area (Å²) in [6, 6.07) is 1.70. The summed E-state index contributed by atoms with van der Waals surface area (Å²) in [6.07, 6.45) is 1.80. The SMILES string of the molecule is CC(O)C(C)(C)Nc1cc(N)nc(C2CC2)n1. The molecule has 1 unspecified atom stereocenters. The van der Waals surface area contributed by atoms with Crippen molar-refractivity contribution in [2.45, 2.75) is 51.2 Å². The monoisotopic (exact) mass is 236 g/mol. The smallest absolute Gasteiger partial charge is 0.136 e. The second-order valence-corrected chi connectivity index (χ2v) is 5.33. The highest BCUT2D eigenvalue weighted by molar-refractivity contribution is 5.47. The maximum atomic E-state index is 9.66. The van der Waals surface area contributed by atoms with E-state index in [-0.39, 0.29) is 0 Å². The number of hydrogen-bond acceptors (Lipinski definition) is 5. The molecule has 0 amide bonds. The first kappa shape index (κ1) is 12.1. The van der Waals surface area contributed by atoms with Gasteiger partial charge >= 0.3 is 0 Å². The Morgan fingerprint density at radius 3 is 2.65 bits per heavy atom. The van der Waals surface area contributed by atoms with Crippen LogP contribution in [0.15, 0.2) is 6.07 Å². The molecule has 0 aromatic carbocycles. The van der Waals surface area contributed by atoms with Gasteiger partial charge in [-0.15, -0.1) is 0 Å². The molecule has 0 saturated heterocycles. The maximum absolute atomic E-state index is 9.66. The second kappa shape index (κ2) is 4.14. The van der Waals surface area contributed by atoms with Gasteiger partial charge in [-0.05, 0) is 33.6 Å². The Labute approximate surface area is 101 Å². The van der Waals surface area contributed by atoms with Gasteiger partial charge in [-0.25, -0.2) is 9.97 Å². The fourth-order valence-corrected chi connectivity index (χ4v) is 1.51. The number of nitrogens with two attached hydrogens (primary N) is 1. The fraction of sp³-hybridized carbons (Fsp3) is 0.667. The molecule has 1 heterocycles. The predicted octanol–water partition coefficient (Wildman–Crippen LogP) is 1.51. The van der Waals surface area contributed by atoms with Gasteiger partial charge in [0.25, 0.3) is 0 Å². The van der Waals surface area contributed by atoms with Crippen molar-refractivity contribution in [1.29, 1.82) is 0 Å². The van der Waals surface area contributed by atoms with E-state index >= 15 is 0 Å². The molecule has 5 heteroatoms. The predicted molar refractivity (Wildman–Crippen MR) is 67.8 cm³/mol. The van der Waals surface area contributed by atoms with Crippen LogP contribution in [-0.4, -0.2) is 26.7 Å². The molecule has 1 aromatic rings. The molecule has 0 spiro atoms. The van der Waals surface area contributed by atoms with E-state index in [1.807, 2.05) is 13.8 Å². The number of nitrogens with zero attached hydrogens (tertiary/aromatic N) is 2. The van der Waals surface area contributed by atoms with Gasteiger partial charge in [0.2, 0.25) is 0 Å². The average molecular weight is 236 g/mol. The van der Waals surface area contributed by atoms with Crippen molar-refractivity contribution in [3.8, 4) is 0 Å². The standard InChI is InChI=1S/C12H20N4O/c1-7(17)12(2,3)16-10-6-9(13)14-11(15-10)8-4-5-8/h6-8,17H,4-5H2,1-3H3,(H3,13,14,15,16). The number of rotatable bonds is 4. The van der Waals surface area contributed by atoms with Crippen molar-refractivity contribution >= 4 is 11.6 Å². The van der Waals surface area contributed by atoms with Crippen LogP contribution in [0.2, 0.25) is 0 Å². The molecule has 1 saturated carbocycles. The van der Waals surface area contributed by atoms with Crippen LogP contribution in [0.4, 0.5) is 11.6 Å². The molecule has 17 heavy (non-hydrogen) atoms. The van der Waals surface area contributed by atoms with Gasteiger partial charge in [0, 0.05) is 12.0 Å². The van der Waals surface area contributed by atoms with Crippen molar-refractivity contribution in [2.24, 2.45) is 0 Å². The zero-order valence-corrected chi connectivity index (χ0v) is 10.6. The molecule has 1 aliphatic rings. The lowest BCUT2D eigenvalue weighted by Crippen LogP contribution is -2.42. The Morgan fingerprint density at radius 1 is 1.47 bits per heavy atom. The van der Waals surface area contributed by atoms with Crippen LogP contribution < -0.4 is 11.1 Å². The minimum atomic E-state index is -0.483. The van der Waals surface area contributed by atoms with E-state index in [0.29, 0.717) is 17.6 Å². The average Bonchev–Trinajstić information content (AvgIpc) is 2.98. The van der Waals surface area contributed by atoms with Crippen LogP contribution in [-0.2, 0) is 0 Å². The number of aliphatic hydroxyl groups is 1. The highest BCUT2D eigenvalue weighted by atomic mass is 16.3. The normalized spacial score (nSPS) is 17.9. The lowest BCUT2D eigenvalue weighted by Gasteiger charge is -2.30. The third-order valence-electron chi connectivity index (χ3n) is 3.20. The Balaban J connectivity index is 2.20. The van der Waals surface area contributed by atoms with E-state index in [1.54, 1.807) is 13.0 Å². The molecule has 1 aliphatic carbocycles. The molecule has 1 atom stereocenters. The minimum absolute atomic E-state index is 0.443. The molecule has 0 bridgehead atoms. The summed E-state index contributed by atoms with van der Waals surface area (Å²) in [5.41, 5.74) is 5.32. The highest BCUT2D eigenvalue weighted by Crippen LogP contribution is 2.38. The van der Waals surface area contributed by atoms with Gasteiger partial charge in [0.05, 0.1) is 11.6 Å². The summed E-state index contributed by atoms with van der Waals surface area (Å²) in [6.45, 7) is 5.60. The minimum Gasteiger partial charge on any atom is -0.391 e. The summed E-state index contributed by atoms with van der Waals surface area (Å²) in [5, 5.41) is 12.9. The van der Waals surface area contributed by atoms with Gasteiger partial charge in [-0.3, -0.25) is 0 Å². The summed E-state index contributed by atoms with van der Waals surface area (Å²) in [4.78, 5) is 8.68. The van der Waals surface area contributed by atoms with Crippen LogP contribution in [0.5, 0.6) is 0 Å². The molecule has 0 radical (unpaired) electrons. The van der Waals surface area contributed by atoms with Crippen LogP contribution in [0, 0.1) is 0 Å². The fourth-order valence-electron chi connectivity index (χ4n) is 1.51. The number of anilines is 2. The van der Waals surface area contributed by atoms with Crippen molar-refractivity contribution in [3.05, 3.63) is 11.9 Å². The summed E-state index contributed by atoms with van der Waals surface area (Å²) >= 11 is 0. The number of hydrogen-bond donors (Lipinski definition) is 3. The van der Waals surface area contributed by atoms with E-state index in [1.165, 1.54) is 0 Å². The van der Waals surface area contributed by atoms with Gasteiger partial charge in [-0.2, -0.15) is 0 Å². The molecular weight excluding hydrogens is 216 g/mol. The summed E-state index contributed by atoms with van der Waals surface area (Å²) in [5.74, 6) is 2.44. The summed E-state index contributed by atoms with van der Waals surface area (Å²) < 4.78 is 0. The lowest BCUT2D eigenvalue weighted by molar-refractivity contribution is 0.133. The van der Waals surface area contributed by atoms with Gasteiger partial charge < -0.3 is 16.2 Å². The third-order valence-corrected chi connectivity index (χ3v) is 3.20. The first-order valence-electron chi connectivity index (χ1n) is 5.99. The van der Waals surface area contributed by atoms with Crippen molar-refractivity contribution in [3.63, 3.8) is 0 Å². The lowest BCUT2D eigenvalue weighted by atomic mass is 9.99. The van der Waals surface area contributed by atoms with Crippen LogP contribution in [0.1, 0.15) is 45.4 Å². The van der Waals surface area contributed by atoms with Crippen LogP contribution >= 0.6 is 0 Å². The van der Waals surface area contributed by atoms with Crippen molar-refractivity contribution in [2.75, 3.05) is 11.1 Å². The molecule has 2 rings (SSSR count). The first-order valence-corrected chi connectivity index (χ1v) is 5.99. The Hall–Kier alpha value is -1.36. The van der Waals surface area contributed by atoms with E-state index in [0.717, 1.165) is 18.7 Å². The Bertz CT molecular complexity index is 413. The zero-order valence-electron chi connectivity index (χ0n) is 10.6. The maximum Gasteiger partial charge on any atom is 0.136 e. The van der Waals surface area contributed by atoms with Crippen molar-refractivity contribution < 1.29 is 5.11 Å². The largest absolute Gasteiger partial charge is 0.391 e. The van der Waals surface area contributed by atoms with E-state index in [2.05, 4.69) is 15.3 Å². The Morgan fingerprint density at radius 2 is 2.12 bits per heavy atom. The molecule has 0 aliphatic heterocycles. The quantitative estimate of drug-likeness (QED) is 0.738. The van der Waals surface area contributed by atoms with E-state index in [4.69, 9.17) is 5.73 Å². The van der Waals surface area contributed by atoms with Gasteiger partial charge in [0.1, 0.15) is 17.5 Å². The van der Waals surface area contributed by atoms with Gasteiger partial charge in [-0.1, -0.05) is 0 Å². The number of aliphatic hydroxyl groups excluding tert-OH is 1. The number of aromatic nitrogens is 2. The van der Waals surface area contributed by atoms with E-state index < -0.39 is 11.6 Å². The number of nitrogen functional groups attached to an aromatic ring is 1. The zero-order chi connectivity index (χ0) is 12.6. The number of nitrogens with one attached hydrogen (secondary N) is 1. The molecule has 94 valence electrons. The topological polar surface area (TPSA) is 84.1 Å². The molecule has 5 nitrogen and oxygen atoms in total. The summed E-state index contributed by atoms with van der Waals surface area (Å²) in [7, 11) is 0. The molecule has 1 fully saturated rings. The Kier molecular flexibility index (Phi) is 2.95. The highest BCUT2D eigenvalue weighted by Gasteiger charge is 2.29. The molecule has 1 aromatic heterocycles. The third kappa shape index (κ3) is 2.85. The van der Waals surface area contributed by atoms with Crippen LogP contribution in [0.3, 0.4) is 0 Å². The van der Waals surface area contributed by atoms with Crippen molar-refractivity contribution in [1.82, 2.24) is 9.97 Å². The second-order valence-electron chi connectivity index (χ2n) is 5.33. The van der Waals surface area contributed by atoms with E-state index in [9.17, 15) is 5.11 Å². The first-order chi connectivity index (χ1) is 7.88. The molecule has 4 N–H and O–H groups in total. The molecular formula is C12H20N4O.